The van der Waals surface area contributed by atoms with Crippen molar-refractivity contribution in [3.05, 3.63) is 35.4 Å². The first-order valence-electron chi connectivity index (χ1n) is 4.48. The summed E-state index contributed by atoms with van der Waals surface area (Å²) in [6.45, 7) is 2.07. The minimum Gasteiger partial charge on any atom is -0.274 e. The number of nitrogens with one attached hydrogen (secondary N) is 1. The van der Waals surface area contributed by atoms with E-state index < -0.39 is 17.5 Å². The van der Waals surface area contributed by atoms with Gasteiger partial charge in [0.15, 0.2) is 11.6 Å². The Morgan fingerprint density at radius 2 is 2.13 bits per heavy atom. The van der Waals surface area contributed by atoms with Crippen LogP contribution in [0.4, 0.5) is 8.78 Å². The Hall–Kier alpha value is -1.49. The number of carbonyl (C=O) groups is 1. The molecule has 1 N–H and O–H groups in total. The molecule has 0 heterocycles. The predicted molar refractivity (Wildman–Crippen MR) is 49.8 cm³/mol. The van der Waals surface area contributed by atoms with Crippen LogP contribution in [0.15, 0.2) is 18.2 Å². The number of hydroxylamine groups is 1. The molecule has 0 fully saturated rings. The highest BCUT2D eigenvalue weighted by molar-refractivity contribution is 5.77. The third-order valence-corrected chi connectivity index (χ3v) is 1.68. The van der Waals surface area contributed by atoms with Crippen LogP contribution < -0.4 is 5.48 Å². The average Bonchev–Trinajstić information content (AvgIpc) is 2.20. The quantitative estimate of drug-likeness (QED) is 0.774. The van der Waals surface area contributed by atoms with Crippen LogP contribution in [0.5, 0.6) is 0 Å². The summed E-state index contributed by atoms with van der Waals surface area (Å²) < 4.78 is 25.3. The van der Waals surface area contributed by atoms with Gasteiger partial charge in [0.05, 0.1) is 13.0 Å². The zero-order valence-corrected chi connectivity index (χ0v) is 8.22. The van der Waals surface area contributed by atoms with Crippen molar-refractivity contribution in [3.8, 4) is 0 Å². The van der Waals surface area contributed by atoms with Crippen LogP contribution in [0.1, 0.15) is 12.5 Å². The Morgan fingerprint density at radius 1 is 1.40 bits per heavy atom. The van der Waals surface area contributed by atoms with Gasteiger partial charge in [-0.3, -0.25) is 9.63 Å². The van der Waals surface area contributed by atoms with Gasteiger partial charge in [-0.2, -0.15) is 0 Å². The Kier molecular flexibility index (Phi) is 4.17. The highest BCUT2D eigenvalue weighted by Gasteiger charge is 2.06. The van der Waals surface area contributed by atoms with Crippen LogP contribution in [0.25, 0.3) is 0 Å². The van der Waals surface area contributed by atoms with Crippen LogP contribution in [-0.4, -0.2) is 12.5 Å². The molecule has 0 spiro atoms. The van der Waals surface area contributed by atoms with Gasteiger partial charge < -0.3 is 0 Å². The van der Waals surface area contributed by atoms with E-state index in [1.165, 1.54) is 6.07 Å². The Labute approximate surface area is 86.0 Å². The molecular weight excluding hydrogens is 204 g/mol. The number of halogens is 2. The molecule has 0 bridgehead atoms. The Bertz CT molecular complexity index is 355. The lowest BCUT2D eigenvalue weighted by Gasteiger charge is -2.03. The molecule has 1 aromatic rings. The van der Waals surface area contributed by atoms with Crippen LogP contribution in [-0.2, 0) is 16.1 Å². The fourth-order valence-electron chi connectivity index (χ4n) is 1.02. The van der Waals surface area contributed by atoms with Crippen LogP contribution in [0.3, 0.4) is 0 Å². The van der Waals surface area contributed by atoms with E-state index >= 15 is 0 Å². The number of hydrogen-bond donors (Lipinski definition) is 1. The van der Waals surface area contributed by atoms with Crippen molar-refractivity contribution in [2.45, 2.75) is 13.3 Å². The van der Waals surface area contributed by atoms with Crippen molar-refractivity contribution < 1.29 is 18.4 Å². The Morgan fingerprint density at radius 3 is 2.73 bits per heavy atom. The zero-order chi connectivity index (χ0) is 11.3. The molecule has 1 aromatic carbocycles. The molecule has 3 nitrogen and oxygen atoms in total. The highest BCUT2D eigenvalue weighted by Crippen LogP contribution is 2.08. The molecule has 0 aliphatic heterocycles. The maximum atomic E-state index is 12.7. The molecule has 1 rings (SSSR count). The molecule has 0 saturated heterocycles. The van der Waals surface area contributed by atoms with Gasteiger partial charge in [-0.1, -0.05) is 6.07 Å². The smallest absolute Gasteiger partial charge is 0.247 e. The van der Waals surface area contributed by atoms with Crippen molar-refractivity contribution in [1.29, 1.82) is 0 Å². The summed E-state index contributed by atoms with van der Waals surface area (Å²) in [4.78, 5) is 15.8. The number of carbonyl (C=O) groups excluding carboxylic acids is 1. The summed E-state index contributed by atoms with van der Waals surface area (Å²) >= 11 is 0. The molecule has 1 amide bonds. The molecule has 82 valence electrons. The SMILES string of the molecule is CCONC(=O)Cc1ccc(F)c(F)c1. The lowest BCUT2D eigenvalue weighted by atomic mass is 10.1. The molecule has 0 aliphatic carbocycles. The number of amides is 1. The summed E-state index contributed by atoms with van der Waals surface area (Å²) in [6, 6.07) is 3.32. The minimum atomic E-state index is -0.961. The number of benzene rings is 1. The van der Waals surface area contributed by atoms with Gasteiger partial charge >= 0.3 is 0 Å². The number of hydrogen-bond acceptors (Lipinski definition) is 2. The van der Waals surface area contributed by atoms with E-state index in [1.54, 1.807) is 6.92 Å². The zero-order valence-electron chi connectivity index (χ0n) is 8.22. The maximum absolute atomic E-state index is 12.7. The van der Waals surface area contributed by atoms with Gasteiger partial charge in [0.2, 0.25) is 5.91 Å². The summed E-state index contributed by atoms with van der Waals surface area (Å²) in [5.74, 6) is -2.29. The van der Waals surface area contributed by atoms with Gasteiger partial charge in [0, 0.05) is 0 Å². The van der Waals surface area contributed by atoms with E-state index in [9.17, 15) is 13.6 Å². The Balaban J connectivity index is 2.57. The van der Waals surface area contributed by atoms with E-state index in [1.807, 2.05) is 0 Å². The maximum Gasteiger partial charge on any atom is 0.247 e. The average molecular weight is 215 g/mol. The molecule has 0 unspecified atom stereocenters. The highest BCUT2D eigenvalue weighted by atomic mass is 19.2. The van der Waals surface area contributed by atoms with Gasteiger partial charge in [0.1, 0.15) is 0 Å². The summed E-state index contributed by atoms with van der Waals surface area (Å²) in [5, 5.41) is 0. The molecule has 0 atom stereocenters. The second-order valence-electron chi connectivity index (χ2n) is 2.88. The molecule has 15 heavy (non-hydrogen) atoms. The first kappa shape index (κ1) is 11.6. The molecule has 0 aromatic heterocycles. The van der Waals surface area contributed by atoms with Gasteiger partial charge in [-0.25, -0.2) is 14.3 Å². The third-order valence-electron chi connectivity index (χ3n) is 1.68. The van der Waals surface area contributed by atoms with Gasteiger partial charge in [0.25, 0.3) is 0 Å². The molecule has 0 aliphatic rings. The second kappa shape index (κ2) is 5.41. The van der Waals surface area contributed by atoms with Crippen LogP contribution in [0.2, 0.25) is 0 Å². The van der Waals surface area contributed by atoms with Crippen molar-refractivity contribution in [3.63, 3.8) is 0 Å². The summed E-state index contributed by atoms with van der Waals surface area (Å²) in [5.41, 5.74) is 2.55. The molecule has 5 heteroatoms. The van der Waals surface area contributed by atoms with E-state index in [4.69, 9.17) is 0 Å². The van der Waals surface area contributed by atoms with Crippen LogP contribution in [0, 0.1) is 11.6 Å². The van der Waals surface area contributed by atoms with Crippen molar-refractivity contribution in [2.24, 2.45) is 0 Å². The molecule has 0 radical (unpaired) electrons. The van der Waals surface area contributed by atoms with E-state index in [2.05, 4.69) is 10.3 Å². The predicted octanol–water partition coefficient (Wildman–Crippen LogP) is 1.57. The first-order chi connectivity index (χ1) is 7.13. The van der Waals surface area contributed by atoms with Crippen molar-refractivity contribution >= 4 is 5.91 Å². The fourth-order valence-corrected chi connectivity index (χ4v) is 1.02. The van der Waals surface area contributed by atoms with Crippen molar-refractivity contribution in [1.82, 2.24) is 5.48 Å². The first-order valence-corrected chi connectivity index (χ1v) is 4.48. The van der Waals surface area contributed by atoms with Gasteiger partial charge in [-0.05, 0) is 24.6 Å². The standard InChI is InChI=1S/C10H11F2NO2/c1-2-15-13-10(14)6-7-3-4-8(11)9(12)5-7/h3-5H,2,6H2,1H3,(H,13,14). The lowest BCUT2D eigenvalue weighted by molar-refractivity contribution is -0.132. The minimum absolute atomic E-state index is 0.0444. The summed E-state index contributed by atoms with van der Waals surface area (Å²) in [6.07, 6.45) is -0.0444. The van der Waals surface area contributed by atoms with Gasteiger partial charge in [-0.15, -0.1) is 0 Å². The summed E-state index contributed by atoms with van der Waals surface area (Å²) in [7, 11) is 0. The fraction of sp³-hybridized carbons (Fsp3) is 0.300. The number of rotatable bonds is 4. The lowest BCUT2D eigenvalue weighted by Crippen LogP contribution is -2.25. The van der Waals surface area contributed by atoms with E-state index in [0.29, 0.717) is 12.2 Å². The van der Waals surface area contributed by atoms with Crippen LogP contribution >= 0.6 is 0 Å². The molecular formula is C10H11F2NO2. The van der Waals surface area contributed by atoms with E-state index in [-0.39, 0.29) is 6.42 Å². The molecule has 0 saturated carbocycles. The second-order valence-corrected chi connectivity index (χ2v) is 2.88. The monoisotopic (exact) mass is 215 g/mol. The topological polar surface area (TPSA) is 38.3 Å². The largest absolute Gasteiger partial charge is 0.274 e. The normalized spacial score (nSPS) is 10.1. The van der Waals surface area contributed by atoms with Crippen molar-refractivity contribution in [2.75, 3.05) is 6.61 Å². The third kappa shape index (κ3) is 3.63. The van der Waals surface area contributed by atoms with E-state index in [0.717, 1.165) is 12.1 Å².